The second-order valence-corrected chi connectivity index (χ2v) is 8.77. The van der Waals surface area contributed by atoms with Gasteiger partial charge < -0.3 is 22.1 Å². The number of carboxylic acids is 1. The first kappa shape index (κ1) is 26.8. The number of hydrogen-bond donors (Lipinski definition) is 3. The Bertz CT molecular complexity index is 1110. The van der Waals surface area contributed by atoms with Crippen LogP contribution in [-0.4, -0.2) is 46.8 Å². The largest absolute Gasteiger partial charge is 1.00 e. The number of thiophene rings is 1. The van der Waals surface area contributed by atoms with Gasteiger partial charge in [0.1, 0.15) is 0 Å². The number of aliphatic carboxylic acids is 1. The van der Waals surface area contributed by atoms with E-state index in [0.717, 1.165) is 22.3 Å². The molecule has 170 valence electrons. The summed E-state index contributed by atoms with van der Waals surface area (Å²) in [5.74, 6) is -2.13. The maximum absolute atomic E-state index is 12.6. The number of ketones is 1. The van der Waals surface area contributed by atoms with Gasteiger partial charge in [-0.1, -0.05) is 18.2 Å². The van der Waals surface area contributed by atoms with Gasteiger partial charge in [0, 0.05) is 23.7 Å². The van der Waals surface area contributed by atoms with Crippen LogP contribution < -0.4 is 40.2 Å². The van der Waals surface area contributed by atoms with Crippen molar-refractivity contribution in [2.45, 2.75) is 39.3 Å². The molecule has 1 aliphatic rings. The molecule has 2 atom stereocenters. The molecule has 0 fully saturated rings. The maximum Gasteiger partial charge on any atom is 1.00 e. The molecule has 0 saturated heterocycles. The van der Waals surface area contributed by atoms with Gasteiger partial charge >= 0.3 is 41.6 Å². The Hall–Kier alpha value is -2.46. The van der Waals surface area contributed by atoms with Gasteiger partial charge in [0.15, 0.2) is 11.8 Å². The van der Waals surface area contributed by atoms with Crippen LogP contribution in [0.2, 0.25) is 0 Å². The quantitative estimate of drug-likeness (QED) is 0.407. The molecule has 0 aliphatic carbocycles. The number of carbonyl (C=O) groups is 4. The van der Waals surface area contributed by atoms with Gasteiger partial charge in [-0.3, -0.25) is 14.4 Å². The molecule has 1 aliphatic heterocycles. The van der Waals surface area contributed by atoms with Crippen LogP contribution in [0.5, 0.6) is 0 Å². The second-order valence-electron chi connectivity index (χ2n) is 7.83. The number of benzene rings is 1. The molecule has 10 heteroatoms. The number of carboxylic acid groups (broad SMARTS) is 1. The molecule has 8 nitrogen and oxygen atoms in total. The fourth-order valence-electron chi connectivity index (χ4n) is 3.75. The van der Waals surface area contributed by atoms with E-state index < -0.39 is 35.8 Å². The van der Waals surface area contributed by atoms with E-state index in [1.165, 1.54) is 29.5 Å². The topological polar surface area (TPSA) is 116 Å². The molecule has 3 N–H and O–H groups in total. The molecule has 0 radical (unpaired) electrons. The average molecular weight is 480 g/mol. The molecule has 2 aromatic rings. The Morgan fingerprint density at radius 3 is 2.45 bits per heavy atom. The summed E-state index contributed by atoms with van der Waals surface area (Å²) in [5.41, 5.74) is 4.54. The summed E-state index contributed by atoms with van der Waals surface area (Å²) in [4.78, 5) is 50.6. The predicted molar refractivity (Wildman–Crippen MR) is 122 cm³/mol. The van der Waals surface area contributed by atoms with Gasteiger partial charge in [0.25, 0.3) is 5.91 Å². The van der Waals surface area contributed by atoms with E-state index in [9.17, 15) is 24.3 Å². The minimum Gasteiger partial charge on any atom is -1.00 e. The number of carbonyl (C=O) groups excluding carboxylic acids is 3. The van der Waals surface area contributed by atoms with Crippen molar-refractivity contribution in [3.05, 3.63) is 57.4 Å². The monoisotopic (exact) mass is 479 g/mol. The van der Waals surface area contributed by atoms with Crippen molar-refractivity contribution < 1.29 is 55.3 Å². The van der Waals surface area contributed by atoms with Crippen LogP contribution >= 0.6 is 11.3 Å². The first-order valence-corrected chi connectivity index (χ1v) is 10.9. The van der Waals surface area contributed by atoms with Crippen molar-refractivity contribution in [2.75, 3.05) is 7.05 Å². The number of hydrogen-bond acceptors (Lipinski definition) is 5. The van der Waals surface area contributed by atoms with E-state index in [4.69, 9.17) is 0 Å². The Labute approximate surface area is 219 Å². The van der Waals surface area contributed by atoms with Gasteiger partial charge in [0.05, 0.1) is 12.5 Å². The third kappa shape index (κ3) is 6.11. The summed E-state index contributed by atoms with van der Waals surface area (Å²) in [6.07, 6.45) is 1.07. The molecule has 1 aromatic carbocycles. The number of aryl methyl sites for hydroxylation is 2. The van der Waals surface area contributed by atoms with Crippen molar-refractivity contribution in [2.24, 2.45) is 0 Å². The van der Waals surface area contributed by atoms with Crippen LogP contribution in [0.25, 0.3) is 11.1 Å². The van der Waals surface area contributed by atoms with Crippen LogP contribution in [0.1, 0.15) is 36.8 Å². The van der Waals surface area contributed by atoms with E-state index in [2.05, 4.69) is 10.6 Å². The normalized spacial score (nSPS) is 16.5. The number of likely N-dealkylation sites (N-methyl/N-ethyl adjacent to an activating group) is 1. The van der Waals surface area contributed by atoms with Gasteiger partial charge in [-0.05, 0) is 54.5 Å². The first-order valence-electron chi connectivity index (χ1n) is 10.0. The van der Waals surface area contributed by atoms with Crippen molar-refractivity contribution in [1.82, 2.24) is 15.5 Å². The molecule has 2 unspecified atom stereocenters. The molecule has 3 rings (SSSR count). The zero-order valence-corrected chi connectivity index (χ0v) is 22.1. The number of urea groups is 1. The molecule has 0 saturated carbocycles. The van der Waals surface area contributed by atoms with Crippen molar-refractivity contribution in [1.29, 1.82) is 0 Å². The minimum atomic E-state index is -1.34. The van der Waals surface area contributed by atoms with Crippen LogP contribution in [0.3, 0.4) is 0 Å². The molecule has 33 heavy (non-hydrogen) atoms. The Morgan fingerprint density at radius 2 is 1.85 bits per heavy atom. The number of nitrogens with one attached hydrogen (secondary N) is 2. The third-order valence-electron chi connectivity index (χ3n) is 5.33. The van der Waals surface area contributed by atoms with E-state index >= 15 is 0 Å². The van der Waals surface area contributed by atoms with Gasteiger partial charge in [-0.2, -0.15) is 0 Å². The standard InChI is InChI=1S/C23H25N3O5S.Na.H/c1-12-6-5-7-13(2)19(12)15-8-17(32-11-15)16(9-18(27)28)24-23(31)25-20-21(29)14(3)10-26(4)22(20)30;;/h5-8,10-11,16,20H,9H2,1-4H3,(H,27,28)(H2,24,25,31);;/q;+1;-1. The SMILES string of the molecule is CC1=CN(C)C(=O)C(NC(=O)NC(CC(=O)O)c2cc(-c3c(C)cccc3C)cs2)C1=O.[H-].[Na+]. The molecule has 0 bridgehead atoms. The summed E-state index contributed by atoms with van der Waals surface area (Å²) in [5, 5.41) is 16.3. The van der Waals surface area contributed by atoms with Crippen molar-refractivity contribution in [3.8, 4) is 11.1 Å². The number of amides is 3. The third-order valence-corrected chi connectivity index (χ3v) is 6.37. The summed E-state index contributed by atoms with van der Waals surface area (Å²) < 4.78 is 0. The van der Waals surface area contributed by atoms with Gasteiger partial charge in [-0.15, -0.1) is 11.3 Å². The summed E-state index contributed by atoms with van der Waals surface area (Å²) >= 11 is 1.34. The Kier molecular flexibility index (Phi) is 9.02. The van der Waals surface area contributed by atoms with Crippen LogP contribution in [-0.2, 0) is 14.4 Å². The molecule has 2 heterocycles. The first-order chi connectivity index (χ1) is 15.1. The summed E-state index contributed by atoms with van der Waals surface area (Å²) in [7, 11) is 1.50. The molecule has 3 amide bonds. The maximum atomic E-state index is 12.6. The Morgan fingerprint density at radius 1 is 1.21 bits per heavy atom. The second kappa shape index (κ2) is 11.1. The smallest absolute Gasteiger partial charge is 1.00 e. The predicted octanol–water partition coefficient (Wildman–Crippen LogP) is 0.277. The van der Waals surface area contributed by atoms with E-state index in [-0.39, 0.29) is 37.4 Å². The molecule has 0 spiro atoms. The molecule has 1 aromatic heterocycles. The fourth-order valence-corrected chi connectivity index (χ4v) is 4.70. The average Bonchev–Trinajstić information content (AvgIpc) is 3.18. The van der Waals surface area contributed by atoms with Crippen LogP contribution in [0.4, 0.5) is 4.79 Å². The van der Waals surface area contributed by atoms with Crippen molar-refractivity contribution in [3.63, 3.8) is 0 Å². The van der Waals surface area contributed by atoms with E-state index in [1.54, 1.807) is 6.92 Å². The van der Waals surface area contributed by atoms with Gasteiger partial charge in [-0.25, -0.2) is 4.79 Å². The van der Waals surface area contributed by atoms with E-state index in [0.29, 0.717) is 10.5 Å². The summed E-state index contributed by atoms with van der Waals surface area (Å²) in [6.45, 7) is 5.57. The zero-order valence-electron chi connectivity index (χ0n) is 20.3. The Balaban J connectivity index is 0.00000289. The molecular formula is C23H26N3NaO5S. The number of nitrogens with zero attached hydrogens (tertiary/aromatic N) is 1. The van der Waals surface area contributed by atoms with Crippen LogP contribution in [0.15, 0.2) is 41.4 Å². The van der Waals surface area contributed by atoms with Crippen LogP contribution in [0, 0.1) is 13.8 Å². The molecular weight excluding hydrogens is 453 g/mol. The number of rotatable bonds is 6. The number of Topliss-reactive ketones (excluding diaryl/α,β-unsaturated/α-hetero) is 1. The summed E-state index contributed by atoms with van der Waals surface area (Å²) in [6, 6.07) is 4.90. The zero-order chi connectivity index (χ0) is 23.6. The minimum absolute atomic E-state index is 0. The van der Waals surface area contributed by atoms with E-state index in [1.807, 2.05) is 43.5 Å². The van der Waals surface area contributed by atoms with Crippen molar-refractivity contribution >= 4 is 35.0 Å². The fraction of sp³-hybridized carbons (Fsp3) is 0.304. The van der Waals surface area contributed by atoms with Gasteiger partial charge in [0.2, 0.25) is 0 Å².